The highest BCUT2D eigenvalue weighted by molar-refractivity contribution is 6.30. The van der Waals surface area contributed by atoms with Crippen LogP contribution >= 0.6 is 11.6 Å². The Morgan fingerprint density at radius 1 is 1.33 bits per heavy atom. The number of carbonyl (C=O) groups excluding carboxylic acids is 1. The van der Waals surface area contributed by atoms with Crippen molar-refractivity contribution >= 4 is 17.5 Å². The zero-order chi connectivity index (χ0) is 23.6. The van der Waals surface area contributed by atoms with Crippen molar-refractivity contribution in [3.63, 3.8) is 0 Å². The first-order valence-corrected chi connectivity index (χ1v) is 10.9. The predicted octanol–water partition coefficient (Wildman–Crippen LogP) is 3.58. The molecule has 1 aromatic heterocycles. The monoisotopic (exact) mass is 488 g/mol. The third-order valence-corrected chi connectivity index (χ3v) is 7.18. The van der Waals surface area contributed by atoms with Crippen molar-refractivity contribution in [2.75, 3.05) is 19.7 Å². The van der Waals surface area contributed by atoms with Gasteiger partial charge in [0.05, 0.1) is 16.4 Å². The maximum absolute atomic E-state index is 13.4. The van der Waals surface area contributed by atoms with Crippen LogP contribution in [-0.2, 0) is 10.2 Å². The number of rotatable bonds is 7. The average Bonchev–Trinajstić information content (AvgIpc) is 3.11. The van der Waals surface area contributed by atoms with E-state index in [-0.39, 0.29) is 53.2 Å². The van der Waals surface area contributed by atoms with Crippen molar-refractivity contribution in [1.82, 2.24) is 20.4 Å². The molecule has 1 saturated heterocycles. The lowest BCUT2D eigenvalue weighted by atomic mass is 9.39. The van der Waals surface area contributed by atoms with Crippen LogP contribution in [0.5, 0.6) is 5.75 Å². The minimum Gasteiger partial charge on any atom is -0.484 e. The number of carbonyl (C=O) groups is 1. The second kappa shape index (κ2) is 7.56. The molecule has 4 fully saturated rings. The molecule has 178 valence electrons. The molecule has 1 N–H and O–H groups in total. The van der Waals surface area contributed by atoms with Crippen LogP contribution in [0, 0.1) is 5.82 Å². The van der Waals surface area contributed by atoms with Crippen LogP contribution in [0.15, 0.2) is 22.6 Å². The summed E-state index contributed by atoms with van der Waals surface area (Å²) in [6, 6.07) is 2.45. The lowest BCUT2D eigenvalue weighted by molar-refractivity contribution is -0.190. The zero-order valence-corrected chi connectivity index (χ0v) is 18.3. The van der Waals surface area contributed by atoms with E-state index in [9.17, 15) is 22.4 Å². The number of halogens is 5. The van der Waals surface area contributed by atoms with E-state index < -0.39 is 18.0 Å². The number of hydrogen-bond acceptors (Lipinski definition) is 6. The van der Waals surface area contributed by atoms with Gasteiger partial charge in [-0.1, -0.05) is 11.6 Å². The maximum atomic E-state index is 13.4. The van der Waals surface area contributed by atoms with Crippen molar-refractivity contribution in [2.45, 2.75) is 55.3 Å². The Balaban J connectivity index is 1.09. The van der Waals surface area contributed by atoms with E-state index in [1.807, 2.05) is 0 Å². The van der Waals surface area contributed by atoms with Gasteiger partial charge in [0.2, 0.25) is 11.8 Å². The summed E-state index contributed by atoms with van der Waals surface area (Å²) in [5, 5.41) is 11.1. The number of nitrogens with zero attached hydrogens (tertiary/aromatic N) is 3. The van der Waals surface area contributed by atoms with Crippen LogP contribution < -0.4 is 10.1 Å². The predicted molar refractivity (Wildman–Crippen MR) is 107 cm³/mol. The van der Waals surface area contributed by atoms with Crippen LogP contribution in [-0.4, -0.2) is 58.5 Å². The SMILES string of the molecule is C[C@@H](N1CC(c2nnc(C34CC(NC(=O)COc5ccc(Cl)c(F)c5)(C3)C4)o2)C1)C(F)(F)F. The van der Waals surface area contributed by atoms with Crippen molar-refractivity contribution in [1.29, 1.82) is 0 Å². The molecule has 3 saturated carbocycles. The first kappa shape index (κ1) is 22.4. The largest absolute Gasteiger partial charge is 0.484 e. The van der Waals surface area contributed by atoms with Gasteiger partial charge < -0.3 is 14.5 Å². The second-order valence-electron chi connectivity index (χ2n) is 9.32. The molecule has 7 nitrogen and oxygen atoms in total. The molecule has 1 aromatic carbocycles. The molecule has 2 heterocycles. The summed E-state index contributed by atoms with van der Waals surface area (Å²) in [6.45, 7) is 1.35. The van der Waals surface area contributed by atoms with Crippen LogP contribution in [0.25, 0.3) is 0 Å². The molecular weight excluding hydrogens is 468 g/mol. The summed E-state index contributed by atoms with van der Waals surface area (Å²) >= 11 is 5.62. The van der Waals surface area contributed by atoms with Gasteiger partial charge in [0, 0.05) is 24.7 Å². The van der Waals surface area contributed by atoms with Gasteiger partial charge in [0.15, 0.2) is 6.61 Å². The van der Waals surface area contributed by atoms with Crippen LogP contribution in [0.2, 0.25) is 5.02 Å². The molecule has 12 heteroatoms. The number of amides is 1. The minimum absolute atomic E-state index is 0.0272. The molecule has 0 radical (unpaired) electrons. The van der Waals surface area contributed by atoms with Gasteiger partial charge in [0.1, 0.15) is 17.6 Å². The molecule has 3 aliphatic carbocycles. The number of ether oxygens (including phenoxy) is 1. The fourth-order valence-corrected chi connectivity index (χ4v) is 5.12. The van der Waals surface area contributed by atoms with Crippen molar-refractivity contribution in [2.24, 2.45) is 0 Å². The van der Waals surface area contributed by atoms with Gasteiger partial charge in [-0.2, -0.15) is 13.2 Å². The molecule has 1 aliphatic heterocycles. The van der Waals surface area contributed by atoms with E-state index in [2.05, 4.69) is 15.5 Å². The number of hydrogen-bond donors (Lipinski definition) is 1. The van der Waals surface area contributed by atoms with Gasteiger partial charge in [0.25, 0.3) is 5.91 Å². The van der Waals surface area contributed by atoms with Crippen molar-refractivity contribution < 1.29 is 31.5 Å². The smallest absolute Gasteiger partial charge is 0.403 e. The fourth-order valence-electron chi connectivity index (χ4n) is 5.00. The number of likely N-dealkylation sites (tertiary alicyclic amines) is 1. The summed E-state index contributed by atoms with van der Waals surface area (Å²) in [7, 11) is 0. The van der Waals surface area contributed by atoms with Gasteiger partial charge in [-0.15, -0.1) is 10.2 Å². The molecule has 4 aliphatic rings. The van der Waals surface area contributed by atoms with E-state index in [0.29, 0.717) is 31.0 Å². The van der Waals surface area contributed by atoms with E-state index in [0.717, 1.165) is 13.0 Å². The summed E-state index contributed by atoms with van der Waals surface area (Å²) in [5.74, 6) is -0.103. The van der Waals surface area contributed by atoms with Crippen molar-refractivity contribution in [3.05, 3.63) is 40.8 Å². The number of benzene rings is 1. The topological polar surface area (TPSA) is 80.5 Å². The number of aromatic nitrogens is 2. The first-order chi connectivity index (χ1) is 15.5. The lowest BCUT2D eigenvalue weighted by Gasteiger charge is -2.68. The standard InChI is InChI=1S/C21H21ClF4N4O3/c1-11(21(24,25)26)30-5-12(6-30)17-28-29-18(33-17)19-8-20(9-19,10-19)27-16(31)7-32-13-2-3-14(22)15(23)4-13/h2-4,11-12H,5-10H2,1H3,(H,27,31)/t11-,19?,20?/m1/s1. The first-order valence-electron chi connectivity index (χ1n) is 10.5. The minimum atomic E-state index is -4.26. The number of nitrogens with one attached hydrogen (secondary N) is 1. The van der Waals surface area contributed by atoms with Crippen LogP contribution in [0.3, 0.4) is 0 Å². The van der Waals surface area contributed by atoms with E-state index in [4.69, 9.17) is 20.8 Å². The molecule has 2 aromatic rings. The van der Waals surface area contributed by atoms with Crippen molar-refractivity contribution in [3.8, 4) is 5.75 Å². The quantitative estimate of drug-likeness (QED) is 0.600. The fraction of sp³-hybridized carbons (Fsp3) is 0.571. The molecule has 33 heavy (non-hydrogen) atoms. The Labute approximate surface area is 191 Å². The molecular formula is C21H21ClF4N4O3. The Morgan fingerprint density at radius 2 is 2.03 bits per heavy atom. The van der Waals surface area contributed by atoms with Gasteiger partial charge in [-0.3, -0.25) is 9.69 Å². The van der Waals surface area contributed by atoms with E-state index >= 15 is 0 Å². The maximum Gasteiger partial charge on any atom is 0.403 e. The lowest BCUT2D eigenvalue weighted by Crippen LogP contribution is -2.77. The Bertz CT molecular complexity index is 1070. The number of alkyl halides is 3. The average molecular weight is 489 g/mol. The van der Waals surface area contributed by atoms with Crippen LogP contribution in [0.4, 0.5) is 17.6 Å². The summed E-state index contributed by atoms with van der Waals surface area (Å²) < 4.78 is 63.0. The summed E-state index contributed by atoms with van der Waals surface area (Å²) in [5.41, 5.74) is -0.642. The van der Waals surface area contributed by atoms with Gasteiger partial charge >= 0.3 is 6.18 Å². The summed E-state index contributed by atoms with van der Waals surface area (Å²) in [6.07, 6.45) is -2.33. The molecule has 6 rings (SSSR count). The van der Waals surface area contributed by atoms with E-state index in [1.54, 1.807) is 0 Å². The highest BCUT2D eigenvalue weighted by Gasteiger charge is 2.72. The highest BCUT2D eigenvalue weighted by Crippen LogP contribution is 2.67. The third-order valence-electron chi connectivity index (χ3n) is 6.87. The Kier molecular flexibility index (Phi) is 5.13. The zero-order valence-electron chi connectivity index (χ0n) is 17.6. The highest BCUT2D eigenvalue weighted by atomic mass is 35.5. The molecule has 0 unspecified atom stereocenters. The Hall–Kier alpha value is -2.40. The third kappa shape index (κ3) is 3.95. The second-order valence-corrected chi connectivity index (χ2v) is 9.72. The van der Waals surface area contributed by atoms with E-state index in [1.165, 1.54) is 17.0 Å². The van der Waals surface area contributed by atoms with Gasteiger partial charge in [-0.05, 0) is 38.3 Å². The van der Waals surface area contributed by atoms with Crippen LogP contribution in [0.1, 0.15) is 43.9 Å². The normalized spacial score (nSPS) is 27.8. The van der Waals surface area contributed by atoms with Gasteiger partial charge in [-0.25, -0.2) is 4.39 Å². The Morgan fingerprint density at radius 3 is 2.67 bits per heavy atom. The molecule has 1 atom stereocenters. The summed E-state index contributed by atoms with van der Waals surface area (Å²) in [4.78, 5) is 13.6. The molecule has 0 spiro atoms. The molecule has 2 bridgehead atoms. The molecule has 1 amide bonds.